The van der Waals surface area contributed by atoms with Crippen LogP contribution in [0.1, 0.15) is 16.1 Å². The monoisotopic (exact) mass is 352 g/mol. The summed E-state index contributed by atoms with van der Waals surface area (Å²) in [5.41, 5.74) is 6.28. The molecule has 0 atom stereocenters. The molecule has 0 spiro atoms. The van der Waals surface area contributed by atoms with E-state index in [2.05, 4.69) is 21.0 Å². The summed E-state index contributed by atoms with van der Waals surface area (Å²) in [6, 6.07) is 17.8. The Hall–Kier alpha value is -3.60. The minimum atomic E-state index is -0.108. The highest BCUT2D eigenvalue weighted by atomic mass is 16.2. The van der Waals surface area contributed by atoms with Crippen molar-refractivity contribution in [1.29, 1.82) is 0 Å². The quantitative estimate of drug-likeness (QED) is 0.549. The number of anilines is 1. The van der Waals surface area contributed by atoms with Crippen LogP contribution in [0.25, 0.3) is 22.2 Å². The van der Waals surface area contributed by atoms with Gasteiger partial charge in [0.1, 0.15) is 5.69 Å². The molecule has 0 saturated heterocycles. The molecule has 1 aliphatic rings. The summed E-state index contributed by atoms with van der Waals surface area (Å²) in [4.78, 5) is 27.8. The number of para-hydroxylation sites is 2. The van der Waals surface area contributed by atoms with E-state index < -0.39 is 0 Å². The van der Waals surface area contributed by atoms with Crippen LogP contribution in [-0.2, 0) is 6.42 Å². The first kappa shape index (κ1) is 15.6. The van der Waals surface area contributed by atoms with E-state index in [0.29, 0.717) is 12.2 Å². The number of carbonyl (C=O) groups is 1. The van der Waals surface area contributed by atoms with Crippen LogP contribution in [0.5, 0.6) is 0 Å². The van der Waals surface area contributed by atoms with Gasteiger partial charge in [-0.3, -0.25) is 14.8 Å². The van der Waals surface area contributed by atoms with Gasteiger partial charge >= 0.3 is 0 Å². The molecule has 1 aliphatic heterocycles. The van der Waals surface area contributed by atoms with Crippen LogP contribution in [0, 0.1) is 0 Å². The van der Waals surface area contributed by atoms with E-state index in [1.165, 1.54) is 5.56 Å². The first-order valence-corrected chi connectivity index (χ1v) is 8.86. The third-order valence-electron chi connectivity index (χ3n) is 4.90. The van der Waals surface area contributed by atoms with Crippen LogP contribution in [0.4, 0.5) is 5.69 Å². The fourth-order valence-electron chi connectivity index (χ4n) is 3.54. The van der Waals surface area contributed by atoms with Gasteiger partial charge in [0, 0.05) is 24.6 Å². The lowest BCUT2D eigenvalue weighted by molar-refractivity contribution is 0.0984. The van der Waals surface area contributed by atoms with Crippen molar-refractivity contribution in [3.05, 3.63) is 84.4 Å². The first-order valence-electron chi connectivity index (χ1n) is 8.86. The van der Waals surface area contributed by atoms with Crippen molar-refractivity contribution in [1.82, 2.24) is 15.0 Å². The third-order valence-corrected chi connectivity index (χ3v) is 4.90. The molecule has 2 aromatic heterocycles. The molecule has 0 saturated carbocycles. The Labute approximate surface area is 156 Å². The number of nitrogens with zero attached hydrogens (tertiary/aromatic N) is 4. The third kappa shape index (κ3) is 2.73. The summed E-state index contributed by atoms with van der Waals surface area (Å²) in [5.74, 6) is -0.108. The molecule has 0 bridgehead atoms. The van der Waals surface area contributed by atoms with Gasteiger partial charge < -0.3 is 4.90 Å². The summed E-state index contributed by atoms with van der Waals surface area (Å²) in [6.07, 6.45) is 5.97. The van der Waals surface area contributed by atoms with E-state index in [-0.39, 0.29) is 5.91 Å². The van der Waals surface area contributed by atoms with Gasteiger partial charge in [0.25, 0.3) is 5.91 Å². The minimum absolute atomic E-state index is 0.108. The summed E-state index contributed by atoms with van der Waals surface area (Å²) in [7, 11) is 0. The van der Waals surface area contributed by atoms with E-state index in [1.54, 1.807) is 23.5 Å². The molecule has 3 heterocycles. The molecule has 2 aromatic carbocycles. The number of amides is 1. The van der Waals surface area contributed by atoms with Crippen molar-refractivity contribution in [2.75, 3.05) is 11.4 Å². The molecule has 5 rings (SSSR count). The second-order valence-corrected chi connectivity index (χ2v) is 6.53. The molecule has 0 unspecified atom stereocenters. The predicted molar refractivity (Wildman–Crippen MR) is 105 cm³/mol. The molecular weight excluding hydrogens is 336 g/mol. The van der Waals surface area contributed by atoms with E-state index in [9.17, 15) is 4.79 Å². The van der Waals surface area contributed by atoms with Crippen molar-refractivity contribution in [2.45, 2.75) is 6.42 Å². The zero-order valence-electron chi connectivity index (χ0n) is 14.5. The Bertz CT molecular complexity index is 1160. The van der Waals surface area contributed by atoms with Gasteiger partial charge in [-0.1, -0.05) is 18.2 Å². The normalized spacial score (nSPS) is 13.0. The van der Waals surface area contributed by atoms with E-state index >= 15 is 0 Å². The van der Waals surface area contributed by atoms with Crippen molar-refractivity contribution < 1.29 is 4.79 Å². The van der Waals surface area contributed by atoms with Crippen molar-refractivity contribution >= 4 is 22.6 Å². The van der Waals surface area contributed by atoms with Crippen LogP contribution in [0.2, 0.25) is 0 Å². The summed E-state index contributed by atoms with van der Waals surface area (Å²) < 4.78 is 0. The van der Waals surface area contributed by atoms with E-state index in [4.69, 9.17) is 0 Å². The van der Waals surface area contributed by atoms with Gasteiger partial charge in [-0.15, -0.1) is 0 Å². The number of pyridine rings is 1. The van der Waals surface area contributed by atoms with Gasteiger partial charge in [-0.05, 0) is 59.5 Å². The highest BCUT2D eigenvalue weighted by Crippen LogP contribution is 2.33. The van der Waals surface area contributed by atoms with Gasteiger partial charge in [-0.25, -0.2) is 4.98 Å². The highest BCUT2D eigenvalue weighted by Gasteiger charge is 2.27. The Balaban J connectivity index is 1.48. The van der Waals surface area contributed by atoms with Crippen LogP contribution in [-0.4, -0.2) is 27.4 Å². The number of benzene rings is 2. The number of hydrogen-bond acceptors (Lipinski definition) is 4. The highest BCUT2D eigenvalue weighted by molar-refractivity contribution is 6.06. The van der Waals surface area contributed by atoms with Crippen LogP contribution >= 0.6 is 0 Å². The summed E-state index contributed by atoms with van der Waals surface area (Å²) >= 11 is 0. The second kappa shape index (κ2) is 6.29. The average molecular weight is 352 g/mol. The van der Waals surface area contributed by atoms with Gasteiger partial charge in [0.2, 0.25) is 0 Å². The lowest BCUT2D eigenvalue weighted by atomic mass is 10.0. The van der Waals surface area contributed by atoms with Crippen molar-refractivity contribution in [3.8, 4) is 11.1 Å². The van der Waals surface area contributed by atoms with Crippen LogP contribution in [0.15, 0.2) is 73.2 Å². The smallest absolute Gasteiger partial charge is 0.278 e. The number of carbonyl (C=O) groups excluding carboxylic acids is 1. The first-order chi connectivity index (χ1) is 13.3. The maximum absolute atomic E-state index is 13.0. The SMILES string of the molecule is O=C(c1cnc2ccccc2n1)N1CCc2cc(-c3ccncc3)ccc21. The number of hydrogen-bond donors (Lipinski definition) is 0. The number of aromatic nitrogens is 3. The molecule has 4 aromatic rings. The molecule has 27 heavy (non-hydrogen) atoms. The van der Waals surface area contributed by atoms with Crippen LogP contribution < -0.4 is 4.90 Å². The second-order valence-electron chi connectivity index (χ2n) is 6.53. The van der Waals surface area contributed by atoms with Crippen LogP contribution in [0.3, 0.4) is 0 Å². The minimum Gasteiger partial charge on any atom is -0.306 e. The summed E-state index contributed by atoms with van der Waals surface area (Å²) in [5, 5.41) is 0. The average Bonchev–Trinajstić information content (AvgIpc) is 3.16. The predicted octanol–water partition coefficient (Wildman–Crippen LogP) is 3.89. The molecule has 0 radical (unpaired) electrons. The molecular formula is C22H16N4O. The fourth-order valence-corrected chi connectivity index (χ4v) is 3.54. The molecule has 5 heteroatoms. The van der Waals surface area contributed by atoms with Crippen molar-refractivity contribution in [3.63, 3.8) is 0 Å². The maximum atomic E-state index is 13.0. The topological polar surface area (TPSA) is 59.0 Å². The molecule has 5 nitrogen and oxygen atoms in total. The largest absolute Gasteiger partial charge is 0.306 e. The Kier molecular flexibility index (Phi) is 3.64. The maximum Gasteiger partial charge on any atom is 0.278 e. The standard InChI is InChI=1S/C22H16N4O/c27-22(20-14-24-18-3-1-2-4-19(18)25-20)26-12-9-17-13-16(5-6-21(17)26)15-7-10-23-11-8-15/h1-8,10-11,13-14H,9,12H2. The number of fused-ring (bicyclic) bond motifs is 2. The Morgan fingerprint density at radius 2 is 1.74 bits per heavy atom. The van der Waals surface area contributed by atoms with Crippen molar-refractivity contribution in [2.24, 2.45) is 0 Å². The summed E-state index contributed by atoms with van der Waals surface area (Å²) in [6.45, 7) is 0.655. The molecule has 0 N–H and O–H groups in total. The zero-order valence-corrected chi connectivity index (χ0v) is 14.5. The van der Waals surface area contributed by atoms with E-state index in [0.717, 1.165) is 34.3 Å². The molecule has 130 valence electrons. The Morgan fingerprint density at radius 1 is 0.926 bits per heavy atom. The van der Waals surface area contributed by atoms with Gasteiger partial charge in [-0.2, -0.15) is 0 Å². The lowest BCUT2D eigenvalue weighted by Gasteiger charge is -2.17. The van der Waals surface area contributed by atoms with Gasteiger partial charge in [0.05, 0.1) is 17.2 Å². The fraction of sp³-hybridized carbons (Fsp3) is 0.0909. The molecule has 1 amide bonds. The van der Waals surface area contributed by atoms with Gasteiger partial charge in [0.15, 0.2) is 0 Å². The molecule has 0 fully saturated rings. The molecule has 0 aliphatic carbocycles. The number of rotatable bonds is 2. The lowest BCUT2D eigenvalue weighted by Crippen LogP contribution is -2.29. The Morgan fingerprint density at radius 3 is 2.59 bits per heavy atom. The van der Waals surface area contributed by atoms with E-state index in [1.807, 2.05) is 48.5 Å². The zero-order chi connectivity index (χ0) is 18.2.